The molecule has 1 amide bonds. The zero-order valence-corrected chi connectivity index (χ0v) is 34.3. The second kappa shape index (κ2) is 18.6. The Morgan fingerprint density at radius 3 is 2.68 bits per heavy atom. The molecule has 3 heterocycles. The van der Waals surface area contributed by atoms with Crippen LogP contribution < -0.4 is 19.7 Å². The SMILES string of the molecule is CCCc1cc(Cl)ccc1C1COc2ccc3cc2N(C1)CC1CCC1C(CN1CCCS(=O)CCNCC1)(OC)/C=C/CC(C)C(C)S(=O)NC3=O. The number of fused-ring (bicyclic) bond motifs is 2. The van der Waals surface area contributed by atoms with Gasteiger partial charge in [-0.05, 0) is 105 Å². The summed E-state index contributed by atoms with van der Waals surface area (Å²) in [6, 6.07) is 11.9. The lowest BCUT2D eigenvalue weighted by atomic mass is 9.63. The lowest BCUT2D eigenvalue weighted by Crippen LogP contribution is -2.57. The number of carbonyl (C=O) groups is 1. The van der Waals surface area contributed by atoms with Crippen LogP contribution >= 0.6 is 11.6 Å². The molecular weight excluding hydrogens is 728 g/mol. The van der Waals surface area contributed by atoms with Gasteiger partial charge in [-0.3, -0.25) is 18.6 Å². The number of nitrogens with one attached hydrogen (secondary N) is 2. The van der Waals surface area contributed by atoms with Crippen molar-refractivity contribution < 1.29 is 22.7 Å². The number of halogens is 1. The molecule has 8 unspecified atom stereocenters. The number of allylic oxidation sites excluding steroid dienone is 1. The molecule has 9 nitrogen and oxygen atoms in total. The first kappa shape index (κ1) is 40.4. The Morgan fingerprint density at radius 2 is 1.91 bits per heavy atom. The van der Waals surface area contributed by atoms with Gasteiger partial charge in [0, 0.05) is 85.2 Å². The number of benzene rings is 2. The molecule has 6 rings (SSSR count). The monoisotopic (exact) mass is 786 g/mol. The molecule has 2 aromatic rings. The Kier molecular flexibility index (Phi) is 14.1. The fourth-order valence-electron chi connectivity index (χ4n) is 8.59. The number of carbonyl (C=O) groups excluding carboxylic acids is 1. The summed E-state index contributed by atoms with van der Waals surface area (Å²) in [4.78, 5) is 18.5. The number of aryl methyl sites for hydroxylation is 1. The summed E-state index contributed by atoms with van der Waals surface area (Å²) >= 11 is 6.50. The first-order valence-corrected chi connectivity index (χ1v) is 22.7. The molecular formula is C41H59ClN4O5S2. The summed E-state index contributed by atoms with van der Waals surface area (Å²) in [6.45, 7) is 12.4. The Hall–Kier alpha value is -2.28. The summed E-state index contributed by atoms with van der Waals surface area (Å²) in [5.41, 5.74) is 3.35. The van der Waals surface area contributed by atoms with Crippen LogP contribution in [0.4, 0.5) is 5.69 Å². The summed E-state index contributed by atoms with van der Waals surface area (Å²) in [5.74, 6) is 2.61. The minimum Gasteiger partial charge on any atom is -0.491 e. The van der Waals surface area contributed by atoms with Crippen molar-refractivity contribution in [1.29, 1.82) is 0 Å². The van der Waals surface area contributed by atoms with E-state index in [0.717, 1.165) is 107 Å². The maximum Gasteiger partial charge on any atom is 0.263 e. The highest BCUT2D eigenvalue weighted by Crippen LogP contribution is 2.47. The number of nitrogens with zero attached hydrogens (tertiary/aromatic N) is 2. The van der Waals surface area contributed by atoms with Gasteiger partial charge in [0.15, 0.2) is 0 Å². The predicted octanol–water partition coefficient (Wildman–Crippen LogP) is 6.11. The number of anilines is 1. The van der Waals surface area contributed by atoms with E-state index in [9.17, 15) is 13.2 Å². The van der Waals surface area contributed by atoms with Crippen LogP contribution in [0.2, 0.25) is 5.02 Å². The Morgan fingerprint density at radius 1 is 1.06 bits per heavy atom. The topological polar surface area (TPSA) is 100 Å². The molecule has 2 aromatic carbocycles. The molecule has 12 heteroatoms. The number of hydrogen-bond donors (Lipinski definition) is 2. The maximum atomic E-state index is 13.6. The third-order valence-corrected chi connectivity index (χ3v) is 15.2. The van der Waals surface area contributed by atoms with Crippen molar-refractivity contribution in [2.24, 2.45) is 17.8 Å². The third-order valence-electron chi connectivity index (χ3n) is 12.1. The van der Waals surface area contributed by atoms with E-state index in [4.69, 9.17) is 21.1 Å². The van der Waals surface area contributed by atoms with Crippen molar-refractivity contribution in [3.63, 3.8) is 0 Å². The lowest BCUT2D eigenvalue weighted by molar-refractivity contribution is -0.0913. The Balaban J connectivity index is 1.38. The van der Waals surface area contributed by atoms with Crippen molar-refractivity contribution in [2.45, 2.75) is 76.1 Å². The predicted molar refractivity (Wildman–Crippen MR) is 218 cm³/mol. The van der Waals surface area contributed by atoms with Crippen LogP contribution in [0.3, 0.4) is 0 Å². The van der Waals surface area contributed by atoms with Gasteiger partial charge in [-0.25, -0.2) is 4.21 Å². The molecule has 0 radical (unpaired) electrons. The highest BCUT2D eigenvalue weighted by molar-refractivity contribution is 7.85. The Labute approximate surface area is 327 Å². The average Bonchev–Trinajstić information content (AvgIpc) is 3.31. The molecule has 1 aliphatic carbocycles. The normalized spacial score (nSPS) is 32.7. The van der Waals surface area contributed by atoms with E-state index < -0.39 is 27.4 Å². The molecule has 1 saturated carbocycles. The van der Waals surface area contributed by atoms with Gasteiger partial charge in [-0.2, -0.15) is 0 Å². The summed E-state index contributed by atoms with van der Waals surface area (Å²) in [6.07, 6.45) is 10.2. The third kappa shape index (κ3) is 9.76. The number of hydrogen-bond acceptors (Lipinski definition) is 8. The van der Waals surface area contributed by atoms with Gasteiger partial charge < -0.3 is 19.7 Å². The van der Waals surface area contributed by atoms with Gasteiger partial charge >= 0.3 is 0 Å². The highest BCUT2D eigenvalue weighted by Gasteiger charge is 2.48. The molecule has 2 bridgehead atoms. The minimum absolute atomic E-state index is 0.0681. The summed E-state index contributed by atoms with van der Waals surface area (Å²) in [7, 11) is -0.514. The van der Waals surface area contributed by atoms with Crippen molar-refractivity contribution in [3.8, 4) is 5.75 Å². The van der Waals surface area contributed by atoms with E-state index in [-0.39, 0.29) is 28.9 Å². The highest BCUT2D eigenvalue weighted by atomic mass is 35.5. The largest absolute Gasteiger partial charge is 0.491 e. The van der Waals surface area contributed by atoms with Crippen LogP contribution in [-0.4, -0.2) is 101 Å². The van der Waals surface area contributed by atoms with Crippen LogP contribution in [-0.2, 0) is 32.9 Å². The smallest absolute Gasteiger partial charge is 0.263 e. The van der Waals surface area contributed by atoms with E-state index in [1.807, 2.05) is 32.2 Å². The molecule has 8 atom stereocenters. The molecule has 0 aromatic heterocycles. The van der Waals surface area contributed by atoms with E-state index in [1.165, 1.54) is 11.1 Å². The molecule has 3 aliphatic heterocycles. The van der Waals surface area contributed by atoms with Crippen LogP contribution in [0.15, 0.2) is 48.6 Å². The van der Waals surface area contributed by atoms with Gasteiger partial charge in [0.1, 0.15) is 22.3 Å². The number of ether oxygens (including phenoxy) is 2. The molecule has 0 spiro atoms. The fraction of sp³-hybridized carbons (Fsp3) is 0.634. The molecule has 2 fully saturated rings. The standard InChI is InChI=1S/C41H59ClN4O5S2/c1-5-8-31-23-35(42)12-13-36(31)34-26-46-25-33-10-14-37(33)41(50-4,28-45-19-7-21-52(48)22-18-43-17-20-45)16-6-9-29(2)30(3)53(49)44-40(47)32-11-15-39(51-27-34)38(46)24-32/h6,11-13,15-16,23-24,29-30,33-34,37,43H,5,7-10,14,17-22,25-28H2,1-4H3,(H,44,47)/b16-6+. The first-order valence-electron chi connectivity index (χ1n) is 19.6. The molecule has 292 valence electrons. The van der Waals surface area contributed by atoms with Gasteiger partial charge in [0.2, 0.25) is 0 Å². The number of amides is 1. The fourth-order valence-corrected chi connectivity index (χ4v) is 10.8. The maximum absolute atomic E-state index is 13.6. The van der Waals surface area contributed by atoms with Crippen LogP contribution in [0.1, 0.15) is 80.3 Å². The van der Waals surface area contributed by atoms with Crippen molar-refractivity contribution in [2.75, 3.05) is 75.9 Å². The quantitative estimate of drug-likeness (QED) is 0.339. The van der Waals surface area contributed by atoms with Crippen LogP contribution in [0, 0.1) is 17.8 Å². The van der Waals surface area contributed by atoms with E-state index >= 15 is 0 Å². The van der Waals surface area contributed by atoms with Crippen molar-refractivity contribution in [3.05, 3.63) is 70.3 Å². The van der Waals surface area contributed by atoms with E-state index in [2.05, 4.69) is 58.0 Å². The van der Waals surface area contributed by atoms with Gasteiger partial charge in [-0.1, -0.05) is 50.1 Å². The van der Waals surface area contributed by atoms with Crippen molar-refractivity contribution >= 4 is 45.0 Å². The average molecular weight is 788 g/mol. The first-order chi connectivity index (χ1) is 25.6. The van der Waals surface area contributed by atoms with E-state index in [1.54, 1.807) is 6.07 Å². The number of methoxy groups -OCH3 is 1. The van der Waals surface area contributed by atoms with Crippen molar-refractivity contribution in [1.82, 2.24) is 14.9 Å². The van der Waals surface area contributed by atoms with Crippen LogP contribution in [0.5, 0.6) is 5.75 Å². The molecule has 1 saturated heterocycles. The van der Waals surface area contributed by atoms with Crippen LogP contribution in [0.25, 0.3) is 0 Å². The summed E-state index contributed by atoms with van der Waals surface area (Å²) in [5, 5.41) is 3.99. The van der Waals surface area contributed by atoms with Gasteiger partial charge in [-0.15, -0.1) is 0 Å². The molecule has 2 N–H and O–H groups in total. The zero-order chi connectivity index (χ0) is 37.5. The lowest BCUT2D eigenvalue weighted by Gasteiger charge is -2.51. The molecule has 53 heavy (non-hydrogen) atoms. The zero-order valence-electron chi connectivity index (χ0n) is 31.9. The molecule has 4 aliphatic rings. The second-order valence-corrected chi connectivity index (χ2v) is 19.2. The second-order valence-electron chi connectivity index (χ2n) is 15.6. The number of rotatable bonds is 6. The minimum atomic E-state index is -1.57. The Bertz CT molecular complexity index is 1660. The van der Waals surface area contributed by atoms with E-state index in [0.29, 0.717) is 23.8 Å². The van der Waals surface area contributed by atoms with Gasteiger partial charge in [0.25, 0.3) is 5.91 Å². The summed E-state index contributed by atoms with van der Waals surface area (Å²) < 4.78 is 42.2. The van der Waals surface area contributed by atoms with Gasteiger partial charge in [0.05, 0.1) is 17.5 Å².